The Morgan fingerprint density at radius 1 is 1.23 bits per heavy atom. The molecule has 1 amide bonds. The summed E-state index contributed by atoms with van der Waals surface area (Å²) >= 11 is 1.23. The third-order valence-corrected chi connectivity index (χ3v) is 6.00. The van der Waals surface area contributed by atoms with E-state index in [2.05, 4.69) is 4.98 Å². The number of ketones is 1. The number of hydrogen-bond donors (Lipinski definition) is 1. The number of furan rings is 1. The molecule has 1 unspecified atom stereocenters. The molecule has 1 aliphatic rings. The fourth-order valence-corrected chi connectivity index (χ4v) is 4.47. The van der Waals surface area contributed by atoms with Gasteiger partial charge in [0.25, 0.3) is 5.91 Å². The van der Waals surface area contributed by atoms with Gasteiger partial charge in [0.1, 0.15) is 23.3 Å². The number of rotatable bonds is 5. The Morgan fingerprint density at radius 2 is 2.00 bits per heavy atom. The molecule has 0 saturated heterocycles. The van der Waals surface area contributed by atoms with Gasteiger partial charge in [-0.05, 0) is 45.0 Å². The van der Waals surface area contributed by atoms with Gasteiger partial charge in [-0.3, -0.25) is 14.5 Å². The fourth-order valence-electron chi connectivity index (χ4n) is 3.60. The van der Waals surface area contributed by atoms with E-state index in [1.807, 2.05) is 0 Å². The lowest BCUT2D eigenvalue weighted by Crippen LogP contribution is -2.30. The van der Waals surface area contributed by atoms with Crippen LogP contribution in [0.25, 0.3) is 0 Å². The van der Waals surface area contributed by atoms with Crippen LogP contribution in [0, 0.1) is 20.8 Å². The number of carbonyl (C=O) groups is 2. The van der Waals surface area contributed by atoms with E-state index < -0.39 is 23.5 Å². The highest BCUT2D eigenvalue weighted by Gasteiger charge is 2.46. The third-order valence-electron chi connectivity index (χ3n) is 4.92. The maximum atomic E-state index is 13.4. The molecule has 0 spiro atoms. The average molecular weight is 424 g/mol. The Labute approximate surface area is 177 Å². The summed E-state index contributed by atoms with van der Waals surface area (Å²) in [4.78, 5) is 32.6. The van der Waals surface area contributed by atoms with Gasteiger partial charge in [-0.2, -0.15) is 0 Å². The number of hydrogen-bond acceptors (Lipinski definition) is 7. The number of benzene rings is 1. The van der Waals surface area contributed by atoms with Crippen molar-refractivity contribution in [1.29, 1.82) is 0 Å². The van der Waals surface area contributed by atoms with Crippen LogP contribution in [0.3, 0.4) is 0 Å². The van der Waals surface area contributed by atoms with E-state index in [1.165, 1.54) is 23.3 Å². The van der Waals surface area contributed by atoms with E-state index in [0.717, 1.165) is 5.01 Å². The lowest BCUT2D eigenvalue weighted by atomic mass is 9.99. The van der Waals surface area contributed by atoms with E-state index in [0.29, 0.717) is 33.5 Å². The molecule has 2 aromatic heterocycles. The first-order valence-electron chi connectivity index (χ1n) is 9.27. The SMILES string of the molecule is COc1cccc(N2C(=O)C(O)=C(C(=O)c3sc(C)nc3C)C2c2ccc(C)o2)c1. The molecule has 3 heterocycles. The minimum absolute atomic E-state index is 0.0241. The van der Waals surface area contributed by atoms with Crippen LogP contribution in [0.1, 0.15) is 37.9 Å². The first-order chi connectivity index (χ1) is 14.3. The number of aliphatic hydroxyl groups excluding tert-OH is 1. The highest BCUT2D eigenvalue weighted by atomic mass is 32.1. The van der Waals surface area contributed by atoms with Crippen molar-refractivity contribution in [2.75, 3.05) is 12.0 Å². The molecule has 0 aliphatic carbocycles. The molecule has 0 fully saturated rings. The molecule has 0 saturated carbocycles. The number of Topliss-reactive ketones (excluding diaryl/α,β-unsaturated/α-hetero) is 1. The van der Waals surface area contributed by atoms with Crippen LogP contribution in [-0.2, 0) is 4.79 Å². The summed E-state index contributed by atoms with van der Waals surface area (Å²) in [7, 11) is 1.53. The summed E-state index contributed by atoms with van der Waals surface area (Å²) < 4.78 is 11.1. The lowest BCUT2D eigenvalue weighted by molar-refractivity contribution is -0.117. The average Bonchev–Trinajstić information content (AvgIpc) is 3.37. The minimum atomic E-state index is -0.910. The topological polar surface area (TPSA) is 92.9 Å². The van der Waals surface area contributed by atoms with Crippen LogP contribution in [0.4, 0.5) is 5.69 Å². The summed E-state index contributed by atoms with van der Waals surface area (Å²) in [6, 6.07) is 9.42. The lowest BCUT2D eigenvalue weighted by Gasteiger charge is -2.25. The molecule has 3 aromatic rings. The highest BCUT2D eigenvalue weighted by Crippen LogP contribution is 2.43. The van der Waals surface area contributed by atoms with Crippen LogP contribution >= 0.6 is 11.3 Å². The second kappa shape index (κ2) is 7.46. The van der Waals surface area contributed by atoms with Crippen molar-refractivity contribution in [3.63, 3.8) is 0 Å². The van der Waals surface area contributed by atoms with Crippen LogP contribution in [-0.4, -0.2) is 28.9 Å². The van der Waals surface area contributed by atoms with Gasteiger partial charge in [-0.25, -0.2) is 4.98 Å². The molecule has 0 radical (unpaired) electrons. The van der Waals surface area contributed by atoms with E-state index in [1.54, 1.807) is 57.2 Å². The van der Waals surface area contributed by atoms with E-state index in [-0.39, 0.29) is 5.57 Å². The summed E-state index contributed by atoms with van der Waals surface area (Å²) in [5.74, 6) is -0.144. The zero-order valence-corrected chi connectivity index (χ0v) is 17.7. The Hall–Kier alpha value is -3.39. The maximum absolute atomic E-state index is 13.4. The van der Waals surface area contributed by atoms with Crippen molar-refractivity contribution in [2.45, 2.75) is 26.8 Å². The van der Waals surface area contributed by atoms with Crippen LogP contribution in [0.5, 0.6) is 5.75 Å². The number of carbonyl (C=O) groups excluding carboxylic acids is 2. The second-order valence-electron chi connectivity index (χ2n) is 6.97. The smallest absolute Gasteiger partial charge is 0.294 e. The van der Waals surface area contributed by atoms with Gasteiger partial charge in [0.15, 0.2) is 5.76 Å². The summed E-state index contributed by atoms with van der Waals surface area (Å²) in [6.07, 6.45) is 0. The van der Waals surface area contributed by atoms with E-state index in [9.17, 15) is 14.7 Å². The number of nitrogens with zero attached hydrogens (tertiary/aromatic N) is 2. The molecule has 1 N–H and O–H groups in total. The number of anilines is 1. The summed E-state index contributed by atoms with van der Waals surface area (Å²) in [5.41, 5.74) is 1.01. The minimum Gasteiger partial charge on any atom is -0.503 e. The normalized spacial score (nSPS) is 16.5. The van der Waals surface area contributed by atoms with Gasteiger partial charge in [0.2, 0.25) is 5.78 Å². The molecule has 1 aliphatic heterocycles. The van der Waals surface area contributed by atoms with Crippen molar-refractivity contribution < 1.29 is 23.8 Å². The zero-order valence-electron chi connectivity index (χ0n) is 16.9. The zero-order chi connectivity index (χ0) is 21.6. The van der Waals surface area contributed by atoms with Crippen molar-refractivity contribution >= 4 is 28.7 Å². The molecular weight excluding hydrogens is 404 g/mol. The van der Waals surface area contributed by atoms with Crippen LogP contribution in [0.2, 0.25) is 0 Å². The number of aliphatic hydroxyl groups is 1. The molecule has 1 aromatic carbocycles. The molecule has 30 heavy (non-hydrogen) atoms. The summed E-state index contributed by atoms with van der Waals surface area (Å²) in [6.45, 7) is 5.31. The van der Waals surface area contributed by atoms with Gasteiger partial charge >= 0.3 is 0 Å². The largest absolute Gasteiger partial charge is 0.503 e. The third kappa shape index (κ3) is 3.19. The quantitative estimate of drug-likeness (QED) is 0.608. The standard InChI is InChI=1S/C22H20N2O5S/c1-11-8-9-16(29-11)18-17(19(25)21-12(2)23-13(3)30-21)20(26)22(27)24(18)14-6-5-7-15(10-14)28-4/h5-10,18,26H,1-4H3. The molecule has 4 rings (SSSR count). The molecule has 8 heteroatoms. The highest BCUT2D eigenvalue weighted by molar-refractivity contribution is 7.14. The first kappa shape index (κ1) is 19.9. The Balaban J connectivity index is 1.88. The number of aryl methyl sites for hydroxylation is 3. The predicted octanol–water partition coefficient (Wildman–Crippen LogP) is 4.45. The maximum Gasteiger partial charge on any atom is 0.294 e. The Morgan fingerprint density at radius 3 is 2.60 bits per heavy atom. The molecule has 0 bridgehead atoms. The second-order valence-corrected chi connectivity index (χ2v) is 8.17. The number of methoxy groups -OCH3 is 1. The first-order valence-corrected chi connectivity index (χ1v) is 10.1. The Kier molecular flexibility index (Phi) is 4.95. The van der Waals surface area contributed by atoms with Gasteiger partial charge in [-0.1, -0.05) is 6.07 Å². The van der Waals surface area contributed by atoms with E-state index >= 15 is 0 Å². The van der Waals surface area contributed by atoms with Crippen LogP contribution < -0.4 is 9.64 Å². The van der Waals surface area contributed by atoms with E-state index in [4.69, 9.17) is 9.15 Å². The van der Waals surface area contributed by atoms with Gasteiger partial charge in [0.05, 0.1) is 28.3 Å². The number of ether oxygens (including phenoxy) is 1. The number of aromatic nitrogens is 1. The number of thiazole rings is 1. The fraction of sp³-hybridized carbons (Fsp3) is 0.227. The van der Waals surface area contributed by atoms with Crippen molar-refractivity contribution in [1.82, 2.24) is 4.98 Å². The monoisotopic (exact) mass is 424 g/mol. The van der Waals surface area contributed by atoms with Crippen molar-refractivity contribution in [3.05, 3.63) is 74.8 Å². The number of amides is 1. The van der Waals surface area contributed by atoms with Gasteiger partial charge in [-0.15, -0.1) is 11.3 Å². The predicted molar refractivity (Wildman–Crippen MR) is 112 cm³/mol. The molecule has 7 nitrogen and oxygen atoms in total. The van der Waals surface area contributed by atoms with Crippen molar-refractivity contribution in [3.8, 4) is 5.75 Å². The molecular formula is C22H20N2O5S. The van der Waals surface area contributed by atoms with Gasteiger partial charge < -0.3 is 14.3 Å². The van der Waals surface area contributed by atoms with Gasteiger partial charge in [0, 0.05) is 11.8 Å². The molecule has 154 valence electrons. The molecule has 1 atom stereocenters. The van der Waals surface area contributed by atoms with Crippen LogP contribution in [0.15, 0.2) is 52.1 Å². The van der Waals surface area contributed by atoms with Crippen molar-refractivity contribution in [2.24, 2.45) is 0 Å². The Bertz CT molecular complexity index is 1190. The summed E-state index contributed by atoms with van der Waals surface area (Å²) in [5, 5.41) is 11.5.